The van der Waals surface area contributed by atoms with E-state index in [4.69, 9.17) is 35.7 Å². The Morgan fingerprint density at radius 3 is 1.91 bits per heavy atom. The predicted molar refractivity (Wildman–Crippen MR) is 150 cm³/mol. The number of hydrogen-bond acceptors (Lipinski definition) is 8. The number of aliphatic imine (C=N–C) groups is 1. The number of carbonyl (C=O) groups is 5. The van der Waals surface area contributed by atoms with Gasteiger partial charge in [0, 0.05) is 18.5 Å². The summed E-state index contributed by atoms with van der Waals surface area (Å²) in [4.78, 5) is 60.3. The van der Waals surface area contributed by atoms with Gasteiger partial charge in [0.15, 0.2) is 0 Å². The van der Waals surface area contributed by atoms with Gasteiger partial charge < -0.3 is 36.0 Å². The number of carboxylic acids is 3. The maximum atomic E-state index is 12.8. The SMILES string of the molecule is CCCCOC(=O)NC(CN1CCC2(CC1)CC(c1ccc(C(=N)N)cc1)=NC2=O)C(=O)O.O=C(O)C(F)(F)F.O=C(O)C(F)(F)F. The molecule has 1 unspecified atom stereocenters. The number of alkyl halides is 6. The molecule has 2 heterocycles. The Morgan fingerprint density at radius 1 is 1.02 bits per heavy atom. The molecule has 1 fully saturated rings. The molecule has 7 N–H and O–H groups in total. The molecule has 2 amide bonds. The van der Waals surface area contributed by atoms with Crippen molar-refractivity contribution in [1.82, 2.24) is 10.2 Å². The van der Waals surface area contributed by atoms with Crippen LogP contribution < -0.4 is 11.1 Å². The van der Waals surface area contributed by atoms with Gasteiger partial charge in [-0.25, -0.2) is 24.2 Å². The minimum atomic E-state index is -5.08. The van der Waals surface area contributed by atoms with Crippen molar-refractivity contribution in [3.63, 3.8) is 0 Å². The number of halogens is 6. The summed E-state index contributed by atoms with van der Waals surface area (Å²) in [5.74, 6) is -6.79. The fourth-order valence-corrected chi connectivity index (χ4v) is 4.18. The van der Waals surface area contributed by atoms with Gasteiger partial charge in [0.05, 0.1) is 17.7 Å². The van der Waals surface area contributed by atoms with Crippen molar-refractivity contribution in [2.75, 3.05) is 26.2 Å². The van der Waals surface area contributed by atoms with Crippen LogP contribution in [0.2, 0.25) is 0 Å². The Balaban J connectivity index is 0.000000658. The Bertz CT molecular complexity index is 1300. The van der Waals surface area contributed by atoms with E-state index in [1.807, 2.05) is 24.0 Å². The van der Waals surface area contributed by atoms with Gasteiger partial charge in [-0.15, -0.1) is 0 Å². The first kappa shape index (κ1) is 40.3. The molecule has 0 saturated carbocycles. The fraction of sp³-hybridized carbons (Fsp3) is 0.519. The van der Waals surface area contributed by atoms with Crippen LogP contribution in [0.4, 0.5) is 31.1 Å². The molecule has 2 aliphatic rings. The summed E-state index contributed by atoms with van der Waals surface area (Å²) < 4.78 is 68.5. The number of alkyl carbamates (subject to hydrolysis) is 1. The van der Waals surface area contributed by atoms with Crippen molar-refractivity contribution in [1.29, 1.82) is 5.41 Å². The van der Waals surface area contributed by atoms with E-state index in [0.29, 0.717) is 37.9 Å². The summed E-state index contributed by atoms with van der Waals surface area (Å²) in [7, 11) is 0. The van der Waals surface area contributed by atoms with E-state index in [1.54, 1.807) is 12.1 Å². The molecule has 3 rings (SSSR count). The average molecular weight is 686 g/mol. The second-order valence-electron chi connectivity index (χ2n) is 10.2. The summed E-state index contributed by atoms with van der Waals surface area (Å²) >= 11 is 0. The molecule has 0 radical (unpaired) electrons. The normalized spacial score (nSPS) is 16.4. The molecule has 47 heavy (non-hydrogen) atoms. The highest BCUT2D eigenvalue weighted by molar-refractivity contribution is 6.14. The number of carboxylic acid groups (broad SMARTS) is 3. The zero-order chi connectivity index (χ0) is 36.2. The van der Waals surface area contributed by atoms with Crippen LogP contribution in [-0.4, -0.2) is 106 Å². The van der Waals surface area contributed by atoms with Crippen LogP contribution in [0.5, 0.6) is 0 Å². The van der Waals surface area contributed by atoms with Crippen molar-refractivity contribution in [3.8, 4) is 0 Å². The summed E-state index contributed by atoms with van der Waals surface area (Å²) in [6.45, 7) is 3.44. The third-order valence-corrected chi connectivity index (χ3v) is 6.79. The zero-order valence-electron chi connectivity index (χ0n) is 24.8. The molecular weight excluding hydrogens is 652 g/mol. The lowest BCUT2D eigenvalue weighted by atomic mass is 9.75. The van der Waals surface area contributed by atoms with Crippen LogP contribution in [0.1, 0.15) is 50.2 Å². The number of carbonyl (C=O) groups excluding carboxylic acids is 2. The van der Waals surface area contributed by atoms with Crippen LogP contribution in [0.15, 0.2) is 29.3 Å². The lowest BCUT2D eigenvalue weighted by molar-refractivity contribution is -0.193. The number of benzene rings is 1. The maximum absolute atomic E-state index is 12.8. The number of amides is 2. The van der Waals surface area contributed by atoms with Crippen molar-refractivity contribution in [2.24, 2.45) is 16.1 Å². The molecule has 2 aliphatic heterocycles. The molecule has 1 aromatic rings. The standard InChI is InChI=1S/C23H31N5O5.2C2HF3O2/c1-2-3-12-33-22(32)27-18(20(29)30)14-28-10-8-23(9-11-28)13-17(26-21(23)31)15-4-6-16(7-5-15)19(24)25;2*3-2(4,5)1(6)7/h4-7,18H,2-3,8-14H2,1H3,(H3,24,25)(H,27,32)(H,29,30);2*(H,6,7). The number of unbranched alkanes of at least 4 members (excludes halogenated alkanes) is 1. The first-order valence-corrected chi connectivity index (χ1v) is 13.7. The van der Waals surface area contributed by atoms with E-state index in [1.165, 1.54) is 0 Å². The number of piperidine rings is 1. The van der Waals surface area contributed by atoms with Crippen LogP contribution >= 0.6 is 0 Å². The molecule has 20 heteroatoms. The van der Waals surface area contributed by atoms with Crippen molar-refractivity contribution in [3.05, 3.63) is 35.4 Å². The maximum Gasteiger partial charge on any atom is 0.490 e. The minimum absolute atomic E-state index is 0.0155. The molecular formula is C27H33F6N5O9. The Kier molecular flexibility index (Phi) is 14.8. The lowest BCUT2D eigenvalue weighted by Gasteiger charge is -2.38. The Hall–Kier alpha value is -4.75. The van der Waals surface area contributed by atoms with Gasteiger partial charge in [-0.1, -0.05) is 37.6 Å². The number of likely N-dealkylation sites (tertiary alicyclic amines) is 1. The topological polar surface area (TPSA) is 233 Å². The van der Waals surface area contributed by atoms with Gasteiger partial charge in [0.1, 0.15) is 11.9 Å². The molecule has 0 bridgehead atoms. The van der Waals surface area contributed by atoms with E-state index >= 15 is 0 Å². The third-order valence-electron chi connectivity index (χ3n) is 6.79. The van der Waals surface area contributed by atoms with Gasteiger partial charge in [-0.05, 0) is 37.9 Å². The summed E-state index contributed by atoms with van der Waals surface area (Å²) in [5.41, 5.74) is 7.10. The quantitative estimate of drug-likeness (QED) is 0.0957. The number of nitrogen functional groups attached to an aromatic ring is 1. The zero-order valence-corrected chi connectivity index (χ0v) is 24.8. The van der Waals surface area contributed by atoms with Gasteiger partial charge in [-0.2, -0.15) is 26.3 Å². The van der Waals surface area contributed by atoms with E-state index in [-0.39, 0.29) is 24.9 Å². The minimum Gasteiger partial charge on any atom is -0.480 e. The summed E-state index contributed by atoms with van der Waals surface area (Å²) in [6.07, 6.45) is -7.64. The number of hydrogen-bond donors (Lipinski definition) is 6. The van der Waals surface area contributed by atoms with Crippen molar-refractivity contribution >= 4 is 41.5 Å². The van der Waals surface area contributed by atoms with Gasteiger partial charge in [0.25, 0.3) is 5.91 Å². The highest BCUT2D eigenvalue weighted by atomic mass is 19.4. The molecule has 1 spiro atoms. The number of aliphatic carboxylic acids is 3. The van der Waals surface area contributed by atoms with E-state index in [9.17, 15) is 45.8 Å². The molecule has 262 valence electrons. The second-order valence-corrected chi connectivity index (χ2v) is 10.2. The Labute approximate surface area is 263 Å². The lowest BCUT2D eigenvalue weighted by Crippen LogP contribution is -2.52. The van der Waals surface area contributed by atoms with E-state index in [0.717, 1.165) is 24.1 Å². The number of amidine groups is 1. The summed E-state index contributed by atoms with van der Waals surface area (Å²) in [5, 5.41) is 33.7. The third kappa shape index (κ3) is 13.3. The molecule has 1 aromatic carbocycles. The number of rotatable bonds is 9. The number of ether oxygens (including phenoxy) is 1. The van der Waals surface area contributed by atoms with Crippen molar-refractivity contribution in [2.45, 2.75) is 57.4 Å². The van der Waals surface area contributed by atoms with Crippen molar-refractivity contribution < 1.29 is 70.4 Å². The smallest absolute Gasteiger partial charge is 0.480 e. The summed E-state index contributed by atoms with van der Waals surface area (Å²) in [6, 6.07) is 6.04. The molecule has 0 aromatic heterocycles. The molecule has 14 nitrogen and oxygen atoms in total. The molecule has 1 saturated heterocycles. The van der Waals surface area contributed by atoms with Crippen LogP contribution in [-0.2, 0) is 23.9 Å². The fourth-order valence-electron chi connectivity index (χ4n) is 4.18. The monoisotopic (exact) mass is 685 g/mol. The molecule has 0 aliphatic carbocycles. The van der Waals surface area contributed by atoms with Gasteiger partial charge >= 0.3 is 36.4 Å². The van der Waals surface area contributed by atoms with Gasteiger partial charge in [0.2, 0.25) is 0 Å². The second kappa shape index (κ2) is 17.2. The average Bonchev–Trinajstić information content (AvgIpc) is 3.28. The van der Waals surface area contributed by atoms with Crippen LogP contribution in [0.25, 0.3) is 0 Å². The Morgan fingerprint density at radius 2 is 1.51 bits per heavy atom. The van der Waals surface area contributed by atoms with Crippen LogP contribution in [0.3, 0.4) is 0 Å². The first-order valence-electron chi connectivity index (χ1n) is 13.7. The highest BCUT2D eigenvalue weighted by Gasteiger charge is 2.46. The number of nitrogens with zero attached hydrogens (tertiary/aromatic N) is 2. The molecule has 1 atom stereocenters. The van der Waals surface area contributed by atoms with Crippen LogP contribution in [0, 0.1) is 10.8 Å². The first-order chi connectivity index (χ1) is 21.6. The van der Waals surface area contributed by atoms with E-state index < -0.39 is 47.8 Å². The highest BCUT2D eigenvalue weighted by Crippen LogP contribution is 2.41. The predicted octanol–water partition coefficient (Wildman–Crippen LogP) is 3.02. The largest absolute Gasteiger partial charge is 0.490 e. The van der Waals surface area contributed by atoms with Gasteiger partial charge in [-0.3, -0.25) is 10.2 Å². The number of nitrogens with two attached hydrogens (primary N) is 1. The number of nitrogens with one attached hydrogen (secondary N) is 2. The van der Waals surface area contributed by atoms with E-state index in [2.05, 4.69) is 10.3 Å².